The minimum absolute atomic E-state index is 0.0181. The Morgan fingerprint density at radius 1 is 1.47 bits per heavy atom. The van der Waals surface area contributed by atoms with E-state index in [1.165, 1.54) is 26.2 Å². The Bertz CT molecular complexity index is 391. The van der Waals surface area contributed by atoms with Gasteiger partial charge in [0.25, 0.3) is 6.43 Å². The first-order chi connectivity index (χ1) is 6.97. The molecule has 0 aliphatic rings. The molecule has 0 radical (unpaired) electrons. The van der Waals surface area contributed by atoms with Gasteiger partial charge < -0.3 is 4.74 Å². The van der Waals surface area contributed by atoms with E-state index in [2.05, 4.69) is 15.9 Å². The third-order valence-electron chi connectivity index (χ3n) is 1.94. The lowest BCUT2D eigenvalue weighted by Gasteiger charge is -2.11. The van der Waals surface area contributed by atoms with Crippen LogP contribution in [0.4, 0.5) is 8.78 Å². The molecule has 1 aromatic carbocycles. The fourth-order valence-electron chi connectivity index (χ4n) is 1.18. The summed E-state index contributed by atoms with van der Waals surface area (Å²) in [7, 11) is 1.29. The maximum absolute atomic E-state index is 12.6. The number of rotatable bonds is 3. The van der Waals surface area contributed by atoms with E-state index in [-0.39, 0.29) is 21.6 Å². The molecule has 0 heterocycles. The average Bonchev–Trinajstić information content (AvgIpc) is 2.15. The molecule has 0 aliphatic heterocycles. The predicted octanol–water partition coefficient (Wildman–Crippen LogP) is 3.60. The van der Waals surface area contributed by atoms with Gasteiger partial charge in [-0.1, -0.05) is 15.9 Å². The first-order valence-corrected chi connectivity index (χ1v) is 4.93. The zero-order chi connectivity index (χ0) is 11.6. The van der Waals surface area contributed by atoms with Gasteiger partial charge in [-0.3, -0.25) is 4.79 Å². The second-order valence-electron chi connectivity index (χ2n) is 2.93. The number of ether oxygens (including phenoxy) is 1. The van der Waals surface area contributed by atoms with Gasteiger partial charge in [0.05, 0.1) is 12.7 Å². The van der Waals surface area contributed by atoms with Crippen LogP contribution in [0.15, 0.2) is 16.6 Å². The Labute approximate surface area is 94.4 Å². The van der Waals surface area contributed by atoms with Crippen molar-refractivity contribution in [2.45, 2.75) is 13.3 Å². The van der Waals surface area contributed by atoms with Gasteiger partial charge in [0, 0.05) is 10.0 Å². The topological polar surface area (TPSA) is 26.3 Å². The lowest BCUT2D eigenvalue weighted by Crippen LogP contribution is -1.99. The van der Waals surface area contributed by atoms with Crippen LogP contribution in [0.2, 0.25) is 0 Å². The van der Waals surface area contributed by atoms with Crippen LogP contribution < -0.4 is 4.74 Å². The smallest absolute Gasteiger partial charge is 0.268 e. The zero-order valence-corrected chi connectivity index (χ0v) is 9.77. The van der Waals surface area contributed by atoms with Crippen molar-refractivity contribution in [1.29, 1.82) is 0 Å². The van der Waals surface area contributed by atoms with E-state index in [1.807, 2.05) is 0 Å². The number of halogens is 3. The number of methoxy groups -OCH3 is 1. The summed E-state index contributed by atoms with van der Waals surface area (Å²) in [6.07, 6.45) is -2.64. The molecule has 5 heteroatoms. The number of carbonyl (C=O) groups excluding carboxylic acids is 1. The molecular formula is C10H9BrF2O2. The molecule has 0 aliphatic carbocycles. The number of hydrogen-bond donors (Lipinski definition) is 0. The maximum Gasteiger partial charge on any atom is 0.268 e. The molecular weight excluding hydrogens is 270 g/mol. The number of hydrogen-bond acceptors (Lipinski definition) is 2. The maximum atomic E-state index is 12.6. The second-order valence-corrected chi connectivity index (χ2v) is 3.79. The van der Waals surface area contributed by atoms with Crippen LogP contribution in [0, 0.1) is 0 Å². The van der Waals surface area contributed by atoms with Gasteiger partial charge in [0.2, 0.25) is 0 Å². The molecule has 0 unspecified atom stereocenters. The highest BCUT2D eigenvalue weighted by Crippen LogP contribution is 2.36. The fourth-order valence-corrected chi connectivity index (χ4v) is 1.79. The Morgan fingerprint density at radius 3 is 2.47 bits per heavy atom. The first-order valence-electron chi connectivity index (χ1n) is 4.14. The van der Waals surface area contributed by atoms with E-state index in [0.717, 1.165) is 0 Å². The molecule has 0 atom stereocenters. The summed E-state index contributed by atoms with van der Waals surface area (Å²) in [6, 6.07) is 2.68. The molecule has 0 aromatic heterocycles. The van der Waals surface area contributed by atoms with Gasteiger partial charge in [-0.25, -0.2) is 8.78 Å². The normalized spacial score (nSPS) is 10.5. The largest absolute Gasteiger partial charge is 0.496 e. The summed E-state index contributed by atoms with van der Waals surface area (Å²) in [6.45, 7) is 1.36. The summed E-state index contributed by atoms with van der Waals surface area (Å²) in [5.41, 5.74) is 0.102. The summed E-state index contributed by atoms with van der Waals surface area (Å²) < 4.78 is 30.2. The highest BCUT2D eigenvalue weighted by molar-refractivity contribution is 9.10. The van der Waals surface area contributed by atoms with Crippen molar-refractivity contribution in [1.82, 2.24) is 0 Å². The highest BCUT2D eigenvalue weighted by atomic mass is 79.9. The van der Waals surface area contributed by atoms with Crippen LogP contribution in [-0.2, 0) is 0 Å². The number of benzene rings is 1. The lowest BCUT2D eigenvalue weighted by atomic mass is 10.1. The molecule has 0 spiro atoms. The van der Waals surface area contributed by atoms with Gasteiger partial charge in [0.15, 0.2) is 5.78 Å². The highest BCUT2D eigenvalue weighted by Gasteiger charge is 2.19. The van der Waals surface area contributed by atoms with Crippen molar-refractivity contribution in [3.63, 3.8) is 0 Å². The minimum atomic E-state index is -2.64. The molecule has 0 fully saturated rings. The van der Waals surface area contributed by atoms with Gasteiger partial charge in [-0.2, -0.15) is 0 Å². The molecule has 0 amide bonds. The quantitative estimate of drug-likeness (QED) is 0.790. The molecule has 0 bridgehead atoms. The summed E-state index contributed by atoms with van der Waals surface area (Å²) in [5, 5.41) is 0. The van der Waals surface area contributed by atoms with Crippen molar-refractivity contribution >= 4 is 21.7 Å². The standard InChI is InChI=1S/C10H9BrF2O2/c1-5(14)6-3-7(11)9(10(12)13)8(4-6)15-2/h3-4,10H,1-2H3. The molecule has 82 valence electrons. The molecule has 0 saturated heterocycles. The van der Waals surface area contributed by atoms with Crippen molar-refractivity contribution < 1.29 is 18.3 Å². The van der Waals surface area contributed by atoms with E-state index >= 15 is 0 Å². The predicted molar refractivity (Wildman–Crippen MR) is 55.7 cm³/mol. The number of ketones is 1. The van der Waals surface area contributed by atoms with E-state index < -0.39 is 6.43 Å². The summed E-state index contributed by atoms with van der Waals surface area (Å²) in [5.74, 6) is -0.181. The van der Waals surface area contributed by atoms with Gasteiger partial charge >= 0.3 is 0 Å². The molecule has 0 saturated carbocycles. The third-order valence-corrected chi connectivity index (χ3v) is 2.59. The monoisotopic (exact) mass is 278 g/mol. The first kappa shape index (κ1) is 12.1. The molecule has 2 nitrogen and oxygen atoms in total. The van der Waals surface area contributed by atoms with Crippen LogP contribution in [0.3, 0.4) is 0 Å². The summed E-state index contributed by atoms with van der Waals surface area (Å²) in [4.78, 5) is 11.1. The van der Waals surface area contributed by atoms with E-state index in [1.54, 1.807) is 0 Å². The van der Waals surface area contributed by atoms with E-state index in [9.17, 15) is 13.6 Å². The minimum Gasteiger partial charge on any atom is -0.496 e. The van der Waals surface area contributed by atoms with Crippen LogP contribution in [0.1, 0.15) is 29.3 Å². The molecule has 0 N–H and O–H groups in total. The number of carbonyl (C=O) groups is 1. The fraction of sp³-hybridized carbons (Fsp3) is 0.300. The Balaban J connectivity index is 3.37. The zero-order valence-electron chi connectivity index (χ0n) is 8.18. The molecule has 1 aromatic rings. The van der Waals surface area contributed by atoms with Crippen molar-refractivity contribution in [3.05, 3.63) is 27.7 Å². The van der Waals surface area contributed by atoms with Crippen LogP contribution in [-0.4, -0.2) is 12.9 Å². The van der Waals surface area contributed by atoms with Crippen molar-refractivity contribution in [2.24, 2.45) is 0 Å². The van der Waals surface area contributed by atoms with Crippen LogP contribution in [0.5, 0.6) is 5.75 Å². The molecule has 1 rings (SSSR count). The molecule has 15 heavy (non-hydrogen) atoms. The average molecular weight is 279 g/mol. The van der Waals surface area contributed by atoms with Gasteiger partial charge in [-0.05, 0) is 19.1 Å². The van der Waals surface area contributed by atoms with E-state index in [0.29, 0.717) is 5.56 Å². The van der Waals surface area contributed by atoms with Crippen molar-refractivity contribution in [2.75, 3.05) is 7.11 Å². The lowest BCUT2D eigenvalue weighted by molar-refractivity contribution is 0.101. The third kappa shape index (κ3) is 2.53. The van der Waals surface area contributed by atoms with E-state index in [4.69, 9.17) is 4.74 Å². The Hall–Kier alpha value is -0.970. The Kier molecular flexibility index (Phi) is 3.79. The number of alkyl halides is 2. The Morgan fingerprint density at radius 2 is 2.07 bits per heavy atom. The van der Waals surface area contributed by atoms with Gasteiger partial charge in [0.1, 0.15) is 5.75 Å². The SMILES string of the molecule is COc1cc(C(C)=O)cc(Br)c1C(F)F. The van der Waals surface area contributed by atoms with Crippen LogP contribution in [0.25, 0.3) is 0 Å². The van der Waals surface area contributed by atoms with Gasteiger partial charge in [-0.15, -0.1) is 0 Å². The van der Waals surface area contributed by atoms with Crippen LogP contribution >= 0.6 is 15.9 Å². The summed E-state index contributed by atoms with van der Waals surface area (Å²) >= 11 is 3.00. The number of Topliss-reactive ketones (excluding diaryl/α,β-unsaturated/α-hetero) is 1. The van der Waals surface area contributed by atoms with Crippen molar-refractivity contribution in [3.8, 4) is 5.75 Å². The second kappa shape index (κ2) is 4.70.